The Kier molecular flexibility index (Phi) is 7.50. The Bertz CT molecular complexity index is 583. The van der Waals surface area contributed by atoms with Crippen molar-refractivity contribution < 1.29 is 9.53 Å². The fraction of sp³-hybridized carbons (Fsp3) is 0.611. The summed E-state index contributed by atoms with van der Waals surface area (Å²) in [6, 6.07) is 4.28. The van der Waals surface area contributed by atoms with Gasteiger partial charge in [0.15, 0.2) is 5.96 Å². The molecule has 7 nitrogen and oxygen atoms in total. The Balaban J connectivity index is 1.88. The maximum atomic E-state index is 11.8. The molecule has 7 heteroatoms. The number of pyridine rings is 1. The lowest BCUT2D eigenvalue weighted by atomic mass is 10.1. The number of rotatable bonds is 5. The Labute approximate surface area is 149 Å². The molecule has 1 aliphatic rings. The second-order valence-electron chi connectivity index (χ2n) is 6.07. The first-order chi connectivity index (χ1) is 12.1. The summed E-state index contributed by atoms with van der Waals surface area (Å²) in [7, 11) is 0. The van der Waals surface area contributed by atoms with Gasteiger partial charge in [0.05, 0.1) is 18.8 Å². The number of aliphatic imine (C=N–C) groups is 1. The van der Waals surface area contributed by atoms with E-state index in [1.807, 2.05) is 32.9 Å². The highest BCUT2D eigenvalue weighted by atomic mass is 16.6. The van der Waals surface area contributed by atoms with Crippen molar-refractivity contribution in [2.24, 2.45) is 4.99 Å². The third-order valence-corrected chi connectivity index (χ3v) is 4.21. The summed E-state index contributed by atoms with van der Waals surface area (Å²) in [6.45, 7) is 9.09. The number of aromatic nitrogens is 1. The van der Waals surface area contributed by atoms with Gasteiger partial charge in [0.2, 0.25) is 0 Å². The number of hydrogen-bond acceptors (Lipinski definition) is 4. The lowest BCUT2D eigenvalue weighted by Crippen LogP contribution is -2.49. The molecule has 2 N–H and O–H groups in total. The van der Waals surface area contributed by atoms with Crippen molar-refractivity contribution in [2.45, 2.75) is 46.2 Å². The third-order valence-electron chi connectivity index (χ3n) is 4.21. The van der Waals surface area contributed by atoms with E-state index in [1.54, 1.807) is 11.1 Å². The maximum absolute atomic E-state index is 11.8. The zero-order chi connectivity index (χ0) is 18.1. The molecule has 1 aliphatic heterocycles. The summed E-state index contributed by atoms with van der Waals surface area (Å²) in [5, 5.41) is 6.75. The molecule has 25 heavy (non-hydrogen) atoms. The molecule has 1 amide bonds. The van der Waals surface area contributed by atoms with Crippen molar-refractivity contribution in [3.63, 3.8) is 0 Å². The SMILES string of the molecule is CCNC(=NCc1ncccc1C)NC1CCN(C(=O)OCC)CC1. The first-order valence-corrected chi connectivity index (χ1v) is 9.01. The van der Waals surface area contributed by atoms with Crippen LogP contribution in [-0.2, 0) is 11.3 Å². The number of nitrogens with one attached hydrogen (secondary N) is 2. The van der Waals surface area contributed by atoms with Crippen LogP contribution in [0.15, 0.2) is 23.3 Å². The van der Waals surface area contributed by atoms with Crippen molar-refractivity contribution in [3.8, 4) is 0 Å². The predicted molar refractivity (Wildman–Crippen MR) is 98.5 cm³/mol. The molecule has 0 aliphatic carbocycles. The summed E-state index contributed by atoms with van der Waals surface area (Å²) in [5.41, 5.74) is 2.13. The summed E-state index contributed by atoms with van der Waals surface area (Å²) in [5.74, 6) is 0.794. The van der Waals surface area contributed by atoms with Crippen LogP contribution in [-0.4, -0.2) is 54.2 Å². The van der Waals surface area contributed by atoms with Gasteiger partial charge in [-0.1, -0.05) is 6.07 Å². The molecule has 1 saturated heterocycles. The van der Waals surface area contributed by atoms with Crippen LogP contribution < -0.4 is 10.6 Å². The van der Waals surface area contributed by atoms with E-state index in [4.69, 9.17) is 4.74 Å². The first-order valence-electron chi connectivity index (χ1n) is 9.01. The zero-order valence-electron chi connectivity index (χ0n) is 15.4. The zero-order valence-corrected chi connectivity index (χ0v) is 15.4. The van der Waals surface area contributed by atoms with Crippen LogP contribution in [0.3, 0.4) is 0 Å². The van der Waals surface area contributed by atoms with Gasteiger partial charge in [0.1, 0.15) is 0 Å². The molecule has 0 unspecified atom stereocenters. The minimum Gasteiger partial charge on any atom is -0.450 e. The number of carbonyl (C=O) groups excluding carboxylic acids is 1. The van der Waals surface area contributed by atoms with Crippen LogP contribution in [0.5, 0.6) is 0 Å². The molecule has 138 valence electrons. The molecule has 0 bridgehead atoms. The number of hydrogen-bond donors (Lipinski definition) is 2. The normalized spacial score (nSPS) is 15.8. The molecule has 1 aromatic rings. The van der Waals surface area contributed by atoms with Crippen molar-refractivity contribution in [1.29, 1.82) is 0 Å². The number of amides is 1. The van der Waals surface area contributed by atoms with Crippen molar-refractivity contribution in [2.75, 3.05) is 26.2 Å². The molecule has 1 fully saturated rings. The molecular formula is C18H29N5O2. The fourth-order valence-corrected chi connectivity index (χ4v) is 2.77. The largest absolute Gasteiger partial charge is 0.450 e. The fourth-order valence-electron chi connectivity index (χ4n) is 2.77. The van der Waals surface area contributed by atoms with Gasteiger partial charge in [-0.2, -0.15) is 0 Å². The van der Waals surface area contributed by atoms with E-state index < -0.39 is 0 Å². The maximum Gasteiger partial charge on any atom is 0.409 e. The van der Waals surface area contributed by atoms with Crippen LogP contribution >= 0.6 is 0 Å². The molecule has 0 radical (unpaired) electrons. The number of piperidine rings is 1. The summed E-state index contributed by atoms with van der Waals surface area (Å²) in [4.78, 5) is 22.6. The van der Waals surface area contributed by atoms with Crippen LogP contribution in [0.1, 0.15) is 37.9 Å². The smallest absolute Gasteiger partial charge is 0.409 e. The highest BCUT2D eigenvalue weighted by molar-refractivity contribution is 5.80. The molecule has 0 aromatic carbocycles. The number of nitrogens with zero attached hydrogens (tertiary/aromatic N) is 3. The first kappa shape index (κ1) is 19.0. The van der Waals surface area contributed by atoms with E-state index in [2.05, 4.69) is 20.6 Å². The second-order valence-corrected chi connectivity index (χ2v) is 6.07. The quantitative estimate of drug-likeness (QED) is 0.630. The molecule has 2 heterocycles. The van der Waals surface area contributed by atoms with Gasteiger partial charge >= 0.3 is 6.09 Å². The van der Waals surface area contributed by atoms with Gasteiger partial charge in [-0.15, -0.1) is 0 Å². The van der Waals surface area contributed by atoms with Gasteiger partial charge in [0, 0.05) is 31.9 Å². The Morgan fingerprint density at radius 1 is 1.40 bits per heavy atom. The number of guanidine groups is 1. The van der Waals surface area contributed by atoms with E-state index in [0.717, 1.165) is 36.6 Å². The van der Waals surface area contributed by atoms with Gasteiger partial charge < -0.3 is 20.3 Å². The van der Waals surface area contributed by atoms with Crippen LogP contribution in [0, 0.1) is 6.92 Å². The average Bonchev–Trinajstić information content (AvgIpc) is 2.62. The average molecular weight is 347 g/mol. The standard InChI is InChI=1S/C18H29N5O2/c1-4-19-17(21-13-16-14(3)7-6-10-20-16)22-15-8-11-23(12-9-15)18(24)25-5-2/h6-7,10,15H,4-5,8-9,11-13H2,1-3H3,(H2,19,21,22). The number of aryl methyl sites for hydroxylation is 1. The monoisotopic (exact) mass is 347 g/mol. The Hall–Kier alpha value is -2.31. The number of likely N-dealkylation sites (tertiary alicyclic amines) is 1. The van der Waals surface area contributed by atoms with Crippen molar-refractivity contribution >= 4 is 12.1 Å². The molecule has 0 spiro atoms. The second kappa shape index (κ2) is 9.86. The highest BCUT2D eigenvalue weighted by Gasteiger charge is 2.24. The van der Waals surface area contributed by atoms with Crippen molar-refractivity contribution in [1.82, 2.24) is 20.5 Å². The minimum absolute atomic E-state index is 0.216. The lowest BCUT2D eigenvalue weighted by molar-refractivity contribution is 0.0963. The molecular weight excluding hydrogens is 318 g/mol. The van der Waals surface area contributed by atoms with Gasteiger partial charge in [-0.3, -0.25) is 4.98 Å². The van der Waals surface area contributed by atoms with Gasteiger partial charge in [-0.25, -0.2) is 9.79 Å². The van der Waals surface area contributed by atoms with Crippen LogP contribution in [0.2, 0.25) is 0 Å². The summed E-state index contributed by atoms with van der Waals surface area (Å²) in [6.07, 6.45) is 3.34. The van der Waals surface area contributed by atoms with E-state index in [1.165, 1.54) is 0 Å². The van der Waals surface area contributed by atoms with Crippen molar-refractivity contribution in [3.05, 3.63) is 29.6 Å². The van der Waals surface area contributed by atoms with Crippen LogP contribution in [0.4, 0.5) is 4.79 Å². The van der Waals surface area contributed by atoms with E-state index >= 15 is 0 Å². The predicted octanol–water partition coefficient (Wildman–Crippen LogP) is 2.07. The Morgan fingerprint density at radius 2 is 2.16 bits per heavy atom. The van der Waals surface area contributed by atoms with Crippen LogP contribution in [0.25, 0.3) is 0 Å². The number of ether oxygens (including phenoxy) is 1. The molecule has 1 aromatic heterocycles. The Morgan fingerprint density at radius 3 is 2.80 bits per heavy atom. The minimum atomic E-state index is -0.216. The summed E-state index contributed by atoms with van der Waals surface area (Å²) < 4.78 is 5.06. The van der Waals surface area contributed by atoms with E-state index in [0.29, 0.717) is 32.3 Å². The molecule has 0 atom stereocenters. The highest BCUT2D eigenvalue weighted by Crippen LogP contribution is 2.11. The van der Waals surface area contributed by atoms with Gasteiger partial charge in [0.25, 0.3) is 0 Å². The van der Waals surface area contributed by atoms with E-state index in [9.17, 15) is 4.79 Å². The lowest BCUT2D eigenvalue weighted by Gasteiger charge is -2.32. The topological polar surface area (TPSA) is 78.9 Å². The third kappa shape index (κ3) is 5.92. The molecule has 0 saturated carbocycles. The molecule has 2 rings (SSSR count). The van der Waals surface area contributed by atoms with E-state index in [-0.39, 0.29) is 6.09 Å². The van der Waals surface area contributed by atoms with Gasteiger partial charge in [-0.05, 0) is 45.2 Å². The number of carbonyl (C=O) groups is 1. The summed E-state index contributed by atoms with van der Waals surface area (Å²) >= 11 is 0.